The second-order valence-electron chi connectivity index (χ2n) is 3.57. The number of rotatable bonds is 1. The predicted molar refractivity (Wildman–Crippen MR) is 67.3 cm³/mol. The number of ether oxygens (including phenoxy) is 1. The van der Waals surface area contributed by atoms with Crippen LogP contribution in [0.2, 0.25) is 5.15 Å². The van der Waals surface area contributed by atoms with Crippen LogP contribution in [0.3, 0.4) is 0 Å². The van der Waals surface area contributed by atoms with Crippen LogP contribution >= 0.6 is 34.2 Å². The zero-order valence-electron chi connectivity index (χ0n) is 8.23. The Bertz CT molecular complexity index is 538. The minimum atomic E-state index is -0.0289. The van der Waals surface area contributed by atoms with Gasteiger partial charge in [0.2, 0.25) is 0 Å². The third kappa shape index (κ3) is 1.68. The van der Waals surface area contributed by atoms with Gasteiger partial charge in [0.05, 0.1) is 6.20 Å². The maximum absolute atomic E-state index is 5.85. The molecule has 84 valence electrons. The van der Waals surface area contributed by atoms with Crippen molar-refractivity contribution in [1.82, 2.24) is 19.7 Å². The molecular formula is C9H8ClIN4O. The van der Waals surface area contributed by atoms with Crippen LogP contribution in [0.25, 0.3) is 11.2 Å². The monoisotopic (exact) mass is 350 g/mol. The van der Waals surface area contributed by atoms with E-state index in [1.54, 1.807) is 4.68 Å². The van der Waals surface area contributed by atoms with E-state index in [-0.39, 0.29) is 6.23 Å². The van der Waals surface area contributed by atoms with Gasteiger partial charge in [0.15, 0.2) is 15.6 Å². The Hall–Kier alpha value is -0.470. The van der Waals surface area contributed by atoms with E-state index in [0.717, 1.165) is 28.7 Å². The summed E-state index contributed by atoms with van der Waals surface area (Å²) < 4.78 is 8.19. The summed E-state index contributed by atoms with van der Waals surface area (Å²) in [6.45, 7) is 0.774. The van der Waals surface area contributed by atoms with Crippen molar-refractivity contribution in [2.75, 3.05) is 6.61 Å². The average Bonchev–Trinajstić information content (AvgIpc) is 2.86. The molecule has 0 aliphatic carbocycles. The molecule has 1 unspecified atom stereocenters. The summed E-state index contributed by atoms with van der Waals surface area (Å²) >= 11 is 7.99. The van der Waals surface area contributed by atoms with Crippen molar-refractivity contribution in [3.63, 3.8) is 0 Å². The molecule has 0 bridgehead atoms. The van der Waals surface area contributed by atoms with Crippen molar-refractivity contribution in [2.45, 2.75) is 19.1 Å². The molecule has 16 heavy (non-hydrogen) atoms. The van der Waals surface area contributed by atoms with Gasteiger partial charge >= 0.3 is 0 Å². The molecule has 0 spiro atoms. The van der Waals surface area contributed by atoms with E-state index < -0.39 is 0 Å². The number of hydrogen-bond donors (Lipinski definition) is 0. The van der Waals surface area contributed by atoms with E-state index in [0.29, 0.717) is 10.8 Å². The minimum Gasteiger partial charge on any atom is -0.356 e. The van der Waals surface area contributed by atoms with Crippen LogP contribution in [0.1, 0.15) is 19.1 Å². The Morgan fingerprint density at radius 2 is 2.44 bits per heavy atom. The first-order valence-corrected chi connectivity index (χ1v) is 6.39. The van der Waals surface area contributed by atoms with Gasteiger partial charge in [0.25, 0.3) is 0 Å². The van der Waals surface area contributed by atoms with E-state index in [1.165, 1.54) is 6.20 Å². The minimum absolute atomic E-state index is 0.0289. The molecule has 5 nitrogen and oxygen atoms in total. The maximum atomic E-state index is 5.85. The summed E-state index contributed by atoms with van der Waals surface area (Å²) in [5, 5.41) is 4.79. The van der Waals surface area contributed by atoms with E-state index in [2.05, 4.69) is 37.7 Å². The van der Waals surface area contributed by atoms with Crippen LogP contribution in [0, 0.1) is 3.70 Å². The molecule has 0 N–H and O–H groups in total. The zero-order valence-corrected chi connectivity index (χ0v) is 11.1. The first kappa shape index (κ1) is 10.7. The highest BCUT2D eigenvalue weighted by atomic mass is 127. The second-order valence-corrected chi connectivity index (χ2v) is 4.98. The summed E-state index contributed by atoms with van der Waals surface area (Å²) in [4.78, 5) is 8.49. The maximum Gasteiger partial charge on any atom is 0.181 e. The second kappa shape index (κ2) is 4.08. The van der Waals surface area contributed by atoms with Crippen molar-refractivity contribution >= 4 is 45.4 Å². The lowest BCUT2D eigenvalue weighted by atomic mass is 10.3. The van der Waals surface area contributed by atoms with E-state index in [4.69, 9.17) is 16.3 Å². The molecule has 1 saturated heterocycles. The smallest absolute Gasteiger partial charge is 0.181 e. The Morgan fingerprint density at radius 1 is 1.56 bits per heavy atom. The average molecular weight is 351 g/mol. The molecule has 0 radical (unpaired) electrons. The normalized spacial score (nSPS) is 20.8. The van der Waals surface area contributed by atoms with Crippen LogP contribution in [0.4, 0.5) is 0 Å². The van der Waals surface area contributed by atoms with Gasteiger partial charge in [0, 0.05) is 6.61 Å². The number of nitrogens with zero attached hydrogens (tertiary/aromatic N) is 4. The quantitative estimate of drug-likeness (QED) is 0.741. The summed E-state index contributed by atoms with van der Waals surface area (Å²) in [5.74, 6) is 0. The number of aromatic nitrogens is 4. The van der Waals surface area contributed by atoms with Crippen molar-refractivity contribution in [3.05, 3.63) is 15.1 Å². The fraction of sp³-hybridized carbons (Fsp3) is 0.444. The Labute approximate surface area is 110 Å². The summed E-state index contributed by atoms with van der Waals surface area (Å²) in [6.07, 6.45) is 3.52. The largest absolute Gasteiger partial charge is 0.356 e. The SMILES string of the molecule is Clc1cnc2c(I)nn(C3CCCO3)c2n1. The molecule has 0 aromatic carbocycles. The Balaban J connectivity index is 2.19. The molecule has 2 aromatic heterocycles. The molecule has 1 aliphatic rings. The van der Waals surface area contributed by atoms with Crippen molar-refractivity contribution in [3.8, 4) is 0 Å². The Morgan fingerprint density at radius 3 is 3.19 bits per heavy atom. The molecular weight excluding hydrogens is 342 g/mol. The fourth-order valence-electron chi connectivity index (χ4n) is 1.81. The Kier molecular flexibility index (Phi) is 2.72. The van der Waals surface area contributed by atoms with Gasteiger partial charge in [-0.1, -0.05) is 11.6 Å². The van der Waals surface area contributed by atoms with Gasteiger partial charge in [0.1, 0.15) is 10.7 Å². The van der Waals surface area contributed by atoms with Gasteiger partial charge in [-0.15, -0.1) is 0 Å². The predicted octanol–water partition coefficient (Wildman–Crippen LogP) is 2.39. The highest BCUT2D eigenvalue weighted by molar-refractivity contribution is 14.1. The van der Waals surface area contributed by atoms with Gasteiger partial charge < -0.3 is 4.74 Å². The van der Waals surface area contributed by atoms with Gasteiger partial charge in [-0.2, -0.15) is 5.10 Å². The summed E-state index contributed by atoms with van der Waals surface area (Å²) in [5.41, 5.74) is 1.48. The van der Waals surface area contributed by atoms with Crippen LogP contribution in [0.5, 0.6) is 0 Å². The lowest BCUT2D eigenvalue weighted by Crippen LogP contribution is -2.09. The van der Waals surface area contributed by atoms with Gasteiger partial charge in [-0.05, 0) is 35.4 Å². The van der Waals surface area contributed by atoms with E-state index >= 15 is 0 Å². The van der Waals surface area contributed by atoms with Crippen LogP contribution in [0.15, 0.2) is 6.20 Å². The van der Waals surface area contributed by atoms with E-state index in [9.17, 15) is 0 Å². The molecule has 3 rings (SSSR count). The fourth-order valence-corrected chi connectivity index (χ4v) is 2.55. The lowest BCUT2D eigenvalue weighted by Gasteiger charge is -2.09. The number of halogens is 2. The first-order valence-electron chi connectivity index (χ1n) is 4.93. The van der Waals surface area contributed by atoms with Crippen molar-refractivity contribution in [1.29, 1.82) is 0 Å². The zero-order chi connectivity index (χ0) is 11.1. The van der Waals surface area contributed by atoms with Gasteiger partial charge in [-0.25, -0.2) is 14.6 Å². The molecule has 1 fully saturated rings. The van der Waals surface area contributed by atoms with Crippen LogP contribution < -0.4 is 0 Å². The van der Waals surface area contributed by atoms with Crippen LogP contribution in [-0.4, -0.2) is 26.4 Å². The molecule has 3 heterocycles. The van der Waals surface area contributed by atoms with Crippen LogP contribution in [-0.2, 0) is 4.74 Å². The molecule has 0 saturated carbocycles. The highest BCUT2D eigenvalue weighted by Gasteiger charge is 2.23. The molecule has 7 heteroatoms. The van der Waals surface area contributed by atoms with Gasteiger partial charge in [-0.3, -0.25) is 0 Å². The topological polar surface area (TPSA) is 52.8 Å². The molecule has 1 atom stereocenters. The van der Waals surface area contributed by atoms with Crippen molar-refractivity contribution < 1.29 is 4.74 Å². The molecule has 1 aliphatic heterocycles. The summed E-state index contributed by atoms with van der Waals surface area (Å²) in [7, 11) is 0. The highest BCUT2D eigenvalue weighted by Crippen LogP contribution is 2.27. The number of fused-ring (bicyclic) bond motifs is 1. The third-order valence-corrected chi connectivity index (χ3v) is 3.42. The standard InChI is InChI=1S/C9H8ClIN4O/c10-5-4-12-7-8(11)14-15(9(7)13-5)6-2-1-3-16-6/h4,6H,1-3H2. The number of hydrogen-bond acceptors (Lipinski definition) is 4. The van der Waals surface area contributed by atoms with Crippen molar-refractivity contribution in [2.24, 2.45) is 0 Å². The third-order valence-electron chi connectivity index (χ3n) is 2.51. The lowest BCUT2D eigenvalue weighted by molar-refractivity contribution is 0.0496. The molecule has 2 aromatic rings. The van der Waals surface area contributed by atoms with E-state index in [1.807, 2.05) is 0 Å². The summed E-state index contributed by atoms with van der Waals surface area (Å²) in [6, 6.07) is 0. The first-order chi connectivity index (χ1) is 7.75. The molecule has 0 amide bonds.